The predicted octanol–water partition coefficient (Wildman–Crippen LogP) is 2.57. The van der Waals surface area contributed by atoms with Gasteiger partial charge in [0, 0.05) is 5.56 Å². The second kappa shape index (κ2) is 3.65. The Hall–Kier alpha value is -1.59. The summed E-state index contributed by atoms with van der Waals surface area (Å²) in [5.41, 5.74) is -2.42. The molecule has 0 aromatic heterocycles. The summed E-state index contributed by atoms with van der Waals surface area (Å²) in [7, 11) is 0. The van der Waals surface area contributed by atoms with Gasteiger partial charge in [0.2, 0.25) is 0 Å². The maximum atomic E-state index is 12.9. The molecule has 14 heavy (non-hydrogen) atoms. The van der Waals surface area contributed by atoms with Crippen LogP contribution >= 0.6 is 0 Å². The third-order valence-electron chi connectivity index (χ3n) is 1.50. The number of rotatable bonds is 1. The molecule has 1 aromatic carbocycles. The van der Waals surface area contributed by atoms with Crippen molar-refractivity contribution in [3.8, 4) is 0 Å². The Bertz CT molecular complexity index is 359. The van der Waals surface area contributed by atoms with Crippen LogP contribution in [0.1, 0.15) is 5.56 Å². The summed E-state index contributed by atoms with van der Waals surface area (Å²) in [6.07, 6.45) is -4.88. The van der Waals surface area contributed by atoms with Gasteiger partial charge in [-0.3, -0.25) is 0 Å². The van der Waals surface area contributed by atoms with E-state index < -0.39 is 23.3 Å². The van der Waals surface area contributed by atoms with Crippen LogP contribution in [0.15, 0.2) is 29.4 Å². The molecule has 0 radical (unpaired) electrons. The minimum atomic E-state index is -4.88. The molecule has 0 bridgehead atoms. The molecule has 0 unspecified atom stereocenters. The van der Waals surface area contributed by atoms with Crippen LogP contribution in [0.25, 0.3) is 0 Å². The maximum Gasteiger partial charge on any atom is 0.437 e. The molecule has 1 aromatic rings. The SMILES string of the molecule is O/N=C(/c1ccccc1F)C(F)(F)F. The lowest BCUT2D eigenvalue weighted by molar-refractivity contribution is -0.0602. The Morgan fingerprint density at radius 1 is 1.21 bits per heavy atom. The number of hydrogen-bond donors (Lipinski definition) is 1. The van der Waals surface area contributed by atoms with Gasteiger partial charge in [0.05, 0.1) is 0 Å². The molecule has 0 amide bonds. The number of oxime groups is 1. The van der Waals surface area contributed by atoms with Crippen LogP contribution in [-0.4, -0.2) is 17.1 Å². The van der Waals surface area contributed by atoms with Crippen molar-refractivity contribution in [2.45, 2.75) is 6.18 Å². The number of alkyl halides is 3. The molecule has 0 aliphatic heterocycles. The molecule has 0 fully saturated rings. The first-order valence-electron chi connectivity index (χ1n) is 3.51. The van der Waals surface area contributed by atoms with E-state index >= 15 is 0 Å². The van der Waals surface area contributed by atoms with Gasteiger partial charge in [-0.1, -0.05) is 17.3 Å². The number of benzene rings is 1. The summed E-state index contributed by atoms with van der Waals surface area (Å²) in [6.45, 7) is 0. The van der Waals surface area contributed by atoms with E-state index in [2.05, 4.69) is 0 Å². The van der Waals surface area contributed by atoms with Gasteiger partial charge in [0.15, 0.2) is 5.71 Å². The normalized spacial score (nSPS) is 13.0. The molecule has 0 atom stereocenters. The van der Waals surface area contributed by atoms with Crippen LogP contribution in [0.5, 0.6) is 0 Å². The summed E-state index contributed by atoms with van der Waals surface area (Å²) in [5, 5.41) is 10.2. The second-order valence-corrected chi connectivity index (χ2v) is 2.43. The Morgan fingerprint density at radius 3 is 2.21 bits per heavy atom. The quantitative estimate of drug-likeness (QED) is 0.326. The van der Waals surface area contributed by atoms with Crippen molar-refractivity contribution in [2.75, 3.05) is 0 Å². The van der Waals surface area contributed by atoms with Gasteiger partial charge in [-0.15, -0.1) is 0 Å². The van der Waals surface area contributed by atoms with Crippen molar-refractivity contribution in [1.29, 1.82) is 0 Å². The molecule has 0 saturated carbocycles. The van der Waals surface area contributed by atoms with Gasteiger partial charge in [0.1, 0.15) is 5.82 Å². The summed E-state index contributed by atoms with van der Waals surface area (Å²) >= 11 is 0. The molecule has 0 saturated heterocycles. The fourth-order valence-electron chi connectivity index (χ4n) is 0.917. The first-order valence-corrected chi connectivity index (χ1v) is 3.51. The summed E-state index contributed by atoms with van der Waals surface area (Å²) in [4.78, 5) is 0. The summed E-state index contributed by atoms with van der Waals surface area (Å²) in [5.74, 6) is -1.09. The van der Waals surface area contributed by atoms with Gasteiger partial charge >= 0.3 is 6.18 Å². The highest BCUT2D eigenvalue weighted by molar-refractivity contribution is 6.04. The van der Waals surface area contributed by atoms with Gasteiger partial charge in [-0.25, -0.2) is 4.39 Å². The lowest BCUT2D eigenvalue weighted by Crippen LogP contribution is -2.25. The van der Waals surface area contributed by atoms with E-state index in [4.69, 9.17) is 5.21 Å². The third-order valence-corrected chi connectivity index (χ3v) is 1.50. The second-order valence-electron chi connectivity index (χ2n) is 2.43. The molecule has 1 N–H and O–H groups in total. The third kappa shape index (κ3) is 2.01. The highest BCUT2D eigenvalue weighted by Gasteiger charge is 2.38. The number of nitrogens with zero attached hydrogens (tertiary/aromatic N) is 1. The summed E-state index contributed by atoms with van der Waals surface area (Å²) in [6, 6.07) is 4.20. The topological polar surface area (TPSA) is 32.6 Å². The van der Waals surface area contributed by atoms with E-state index in [-0.39, 0.29) is 0 Å². The van der Waals surface area contributed by atoms with Crippen molar-refractivity contribution >= 4 is 5.71 Å². The molecule has 0 aliphatic carbocycles. The van der Waals surface area contributed by atoms with E-state index in [0.717, 1.165) is 12.1 Å². The van der Waals surface area contributed by atoms with Crippen molar-refractivity contribution in [2.24, 2.45) is 5.16 Å². The minimum Gasteiger partial charge on any atom is -0.410 e. The molecule has 0 aliphatic rings. The smallest absolute Gasteiger partial charge is 0.410 e. The van der Waals surface area contributed by atoms with Crippen LogP contribution in [0.2, 0.25) is 0 Å². The fraction of sp³-hybridized carbons (Fsp3) is 0.125. The van der Waals surface area contributed by atoms with E-state index in [1.54, 1.807) is 0 Å². The zero-order valence-corrected chi connectivity index (χ0v) is 6.72. The van der Waals surface area contributed by atoms with Crippen molar-refractivity contribution < 1.29 is 22.8 Å². The van der Waals surface area contributed by atoms with Crippen molar-refractivity contribution in [3.63, 3.8) is 0 Å². The molecule has 0 spiro atoms. The van der Waals surface area contributed by atoms with Crippen molar-refractivity contribution in [3.05, 3.63) is 35.6 Å². The number of hydrogen-bond acceptors (Lipinski definition) is 2. The molecular formula is C8H5F4NO. The van der Waals surface area contributed by atoms with E-state index in [9.17, 15) is 17.6 Å². The zero-order valence-electron chi connectivity index (χ0n) is 6.72. The van der Waals surface area contributed by atoms with Crippen molar-refractivity contribution in [1.82, 2.24) is 0 Å². The highest BCUT2D eigenvalue weighted by Crippen LogP contribution is 2.23. The van der Waals surface area contributed by atoms with Crippen LogP contribution in [0.4, 0.5) is 17.6 Å². The highest BCUT2D eigenvalue weighted by atomic mass is 19.4. The van der Waals surface area contributed by atoms with Crippen LogP contribution in [0.3, 0.4) is 0 Å². The van der Waals surface area contributed by atoms with Crippen LogP contribution in [0, 0.1) is 5.82 Å². The Labute approximate surface area is 76.5 Å². The average Bonchev–Trinajstić information content (AvgIpc) is 2.07. The Balaban J connectivity index is 3.23. The maximum absolute atomic E-state index is 12.9. The Kier molecular flexibility index (Phi) is 2.73. The molecular weight excluding hydrogens is 202 g/mol. The monoisotopic (exact) mass is 207 g/mol. The molecule has 2 nitrogen and oxygen atoms in total. The molecule has 0 heterocycles. The van der Waals surface area contributed by atoms with E-state index in [0.29, 0.717) is 0 Å². The van der Waals surface area contributed by atoms with Gasteiger partial charge < -0.3 is 5.21 Å². The van der Waals surface area contributed by atoms with Crippen LogP contribution in [-0.2, 0) is 0 Å². The summed E-state index contributed by atoms with van der Waals surface area (Å²) < 4.78 is 49.3. The molecule has 6 heteroatoms. The van der Waals surface area contributed by atoms with Crippen LogP contribution < -0.4 is 0 Å². The lowest BCUT2D eigenvalue weighted by atomic mass is 10.1. The molecule has 1 rings (SSSR count). The lowest BCUT2D eigenvalue weighted by Gasteiger charge is -2.08. The average molecular weight is 207 g/mol. The first kappa shape index (κ1) is 10.5. The van der Waals surface area contributed by atoms with E-state index in [1.165, 1.54) is 12.1 Å². The first-order chi connectivity index (χ1) is 6.46. The Morgan fingerprint density at radius 2 is 1.79 bits per heavy atom. The van der Waals surface area contributed by atoms with E-state index in [1.807, 2.05) is 5.16 Å². The number of halogens is 4. The fourth-order valence-corrected chi connectivity index (χ4v) is 0.917. The molecule has 76 valence electrons. The zero-order chi connectivity index (χ0) is 10.8. The predicted molar refractivity (Wildman–Crippen MR) is 40.8 cm³/mol. The largest absolute Gasteiger partial charge is 0.437 e. The van der Waals surface area contributed by atoms with Gasteiger partial charge in [0.25, 0.3) is 0 Å². The standard InChI is InChI=1S/C8H5F4NO/c9-6-4-2-1-3-5(6)7(13-14)8(10,11)12/h1-4,14H/b13-7-. The van der Waals surface area contributed by atoms with Gasteiger partial charge in [-0.2, -0.15) is 13.2 Å². The minimum absolute atomic E-state index is 0.775. The van der Waals surface area contributed by atoms with Gasteiger partial charge in [-0.05, 0) is 12.1 Å².